The molecule has 0 spiro atoms. The SMILES string of the molecule is CC(=NNC(=O)c1cn(C)c2ccccc12)c1ccc[nH]1. The van der Waals surface area contributed by atoms with E-state index in [-0.39, 0.29) is 5.91 Å². The summed E-state index contributed by atoms with van der Waals surface area (Å²) in [6.45, 7) is 1.84. The molecule has 0 aliphatic rings. The van der Waals surface area contributed by atoms with Crippen molar-refractivity contribution < 1.29 is 4.79 Å². The second kappa shape index (κ2) is 5.28. The number of rotatable bonds is 3. The number of carbonyl (C=O) groups is 1. The molecule has 3 aromatic rings. The lowest BCUT2D eigenvalue weighted by Crippen LogP contribution is -2.19. The molecule has 2 aromatic heterocycles. The van der Waals surface area contributed by atoms with Crippen LogP contribution in [0.4, 0.5) is 0 Å². The van der Waals surface area contributed by atoms with Gasteiger partial charge in [0.2, 0.25) is 0 Å². The van der Waals surface area contributed by atoms with E-state index in [2.05, 4.69) is 15.5 Å². The highest BCUT2D eigenvalue weighted by Crippen LogP contribution is 2.20. The lowest BCUT2D eigenvalue weighted by molar-refractivity contribution is 0.0956. The number of aromatic amines is 1. The van der Waals surface area contributed by atoms with Crippen molar-refractivity contribution in [3.8, 4) is 0 Å². The van der Waals surface area contributed by atoms with Gasteiger partial charge in [-0.05, 0) is 25.1 Å². The highest BCUT2D eigenvalue weighted by atomic mass is 16.2. The van der Waals surface area contributed by atoms with E-state index in [1.807, 2.05) is 67.3 Å². The third-order valence-corrected chi connectivity index (χ3v) is 3.45. The quantitative estimate of drug-likeness (QED) is 0.562. The van der Waals surface area contributed by atoms with E-state index < -0.39 is 0 Å². The summed E-state index contributed by atoms with van der Waals surface area (Å²) in [6, 6.07) is 11.6. The second-order valence-corrected chi connectivity index (χ2v) is 4.89. The third kappa shape index (κ3) is 2.45. The average molecular weight is 280 g/mol. The van der Waals surface area contributed by atoms with E-state index in [1.165, 1.54) is 0 Å². The fraction of sp³-hybridized carbons (Fsp3) is 0.125. The van der Waals surface area contributed by atoms with Crippen LogP contribution in [0.2, 0.25) is 0 Å². The number of hydrazone groups is 1. The monoisotopic (exact) mass is 280 g/mol. The predicted molar refractivity (Wildman–Crippen MR) is 83.4 cm³/mol. The van der Waals surface area contributed by atoms with Crippen molar-refractivity contribution >= 4 is 22.5 Å². The molecule has 0 atom stereocenters. The molecular formula is C16H16N4O. The van der Waals surface area contributed by atoms with Gasteiger partial charge in [-0.15, -0.1) is 0 Å². The lowest BCUT2D eigenvalue weighted by atomic mass is 10.2. The first-order chi connectivity index (χ1) is 10.2. The Morgan fingerprint density at radius 2 is 2.05 bits per heavy atom. The second-order valence-electron chi connectivity index (χ2n) is 4.89. The molecule has 2 N–H and O–H groups in total. The fourth-order valence-corrected chi connectivity index (χ4v) is 2.33. The molecule has 1 amide bonds. The van der Waals surface area contributed by atoms with Gasteiger partial charge in [0.25, 0.3) is 5.91 Å². The van der Waals surface area contributed by atoms with Gasteiger partial charge in [-0.1, -0.05) is 18.2 Å². The number of aryl methyl sites for hydroxylation is 1. The summed E-state index contributed by atoms with van der Waals surface area (Å²) in [5, 5.41) is 5.06. The first-order valence-corrected chi connectivity index (χ1v) is 6.69. The number of benzene rings is 1. The number of nitrogens with one attached hydrogen (secondary N) is 2. The molecule has 1 aromatic carbocycles. The molecule has 21 heavy (non-hydrogen) atoms. The van der Waals surface area contributed by atoms with Gasteiger partial charge in [0.05, 0.1) is 17.0 Å². The number of H-pyrrole nitrogens is 1. The predicted octanol–water partition coefficient (Wildman–Crippen LogP) is 2.66. The summed E-state index contributed by atoms with van der Waals surface area (Å²) in [7, 11) is 1.92. The summed E-state index contributed by atoms with van der Waals surface area (Å²) in [5.41, 5.74) is 5.86. The Bertz CT molecular complexity index is 812. The standard InChI is InChI=1S/C16H16N4O/c1-11(14-7-5-9-17-14)18-19-16(21)13-10-20(2)15-8-4-3-6-12(13)15/h3-10,17H,1-2H3,(H,19,21). The summed E-state index contributed by atoms with van der Waals surface area (Å²) in [4.78, 5) is 15.4. The van der Waals surface area contributed by atoms with Gasteiger partial charge in [0.1, 0.15) is 0 Å². The first kappa shape index (κ1) is 13.2. The number of para-hydroxylation sites is 1. The Labute approximate surface area is 122 Å². The first-order valence-electron chi connectivity index (χ1n) is 6.69. The zero-order valence-electron chi connectivity index (χ0n) is 11.9. The van der Waals surface area contributed by atoms with Gasteiger partial charge in [-0.2, -0.15) is 5.10 Å². The van der Waals surface area contributed by atoms with Crippen LogP contribution >= 0.6 is 0 Å². The zero-order chi connectivity index (χ0) is 14.8. The number of fused-ring (bicyclic) bond motifs is 1. The maximum Gasteiger partial charge on any atom is 0.273 e. The Morgan fingerprint density at radius 1 is 1.24 bits per heavy atom. The number of hydrogen-bond acceptors (Lipinski definition) is 2. The minimum Gasteiger partial charge on any atom is -0.360 e. The van der Waals surface area contributed by atoms with Crippen molar-refractivity contribution in [1.82, 2.24) is 15.0 Å². The van der Waals surface area contributed by atoms with Crippen LogP contribution in [0.5, 0.6) is 0 Å². The van der Waals surface area contributed by atoms with Gasteiger partial charge in [0.15, 0.2) is 0 Å². The summed E-state index contributed by atoms with van der Waals surface area (Å²) >= 11 is 0. The molecule has 5 heteroatoms. The summed E-state index contributed by atoms with van der Waals surface area (Å²) < 4.78 is 1.94. The lowest BCUT2D eigenvalue weighted by Gasteiger charge is -2.00. The molecule has 3 rings (SSSR count). The van der Waals surface area contributed by atoms with Crippen LogP contribution in [0.25, 0.3) is 10.9 Å². The molecule has 0 aliphatic carbocycles. The van der Waals surface area contributed by atoms with Gasteiger partial charge in [-0.3, -0.25) is 4.79 Å². The van der Waals surface area contributed by atoms with E-state index in [1.54, 1.807) is 0 Å². The largest absolute Gasteiger partial charge is 0.360 e. The normalized spacial score (nSPS) is 11.8. The Morgan fingerprint density at radius 3 is 2.81 bits per heavy atom. The topological polar surface area (TPSA) is 62.2 Å². The summed E-state index contributed by atoms with van der Waals surface area (Å²) in [5.74, 6) is -0.210. The Balaban J connectivity index is 1.86. The summed E-state index contributed by atoms with van der Waals surface area (Å²) in [6.07, 6.45) is 3.64. The fourth-order valence-electron chi connectivity index (χ4n) is 2.33. The highest BCUT2D eigenvalue weighted by Gasteiger charge is 2.13. The maximum atomic E-state index is 12.3. The van der Waals surface area contributed by atoms with Crippen LogP contribution in [0.3, 0.4) is 0 Å². The van der Waals surface area contributed by atoms with Crippen molar-refractivity contribution in [3.05, 3.63) is 60.0 Å². The van der Waals surface area contributed by atoms with Gasteiger partial charge in [-0.25, -0.2) is 5.43 Å². The number of carbonyl (C=O) groups excluding carboxylic acids is 1. The van der Waals surface area contributed by atoms with Crippen LogP contribution in [0, 0.1) is 0 Å². The molecule has 0 aliphatic heterocycles. The van der Waals surface area contributed by atoms with E-state index in [9.17, 15) is 4.79 Å². The molecule has 5 nitrogen and oxygen atoms in total. The molecule has 2 heterocycles. The number of hydrogen-bond donors (Lipinski definition) is 2. The number of aromatic nitrogens is 2. The van der Waals surface area contributed by atoms with E-state index in [4.69, 9.17) is 0 Å². The van der Waals surface area contributed by atoms with Crippen LogP contribution in [0.15, 0.2) is 53.9 Å². The maximum absolute atomic E-state index is 12.3. The van der Waals surface area contributed by atoms with E-state index >= 15 is 0 Å². The molecule has 0 saturated heterocycles. The Hall–Kier alpha value is -2.82. The van der Waals surface area contributed by atoms with Crippen molar-refractivity contribution in [2.75, 3.05) is 0 Å². The van der Waals surface area contributed by atoms with Crippen molar-refractivity contribution in [3.63, 3.8) is 0 Å². The molecule has 0 fully saturated rings. The third-order valence-electron chi connectivity index (χ3n) is 3.45. The van der Waals surface area contributed by atoms with Gasteiger partial charge < -0.3 is 9.55 Å². The molecule has 0 bridgehead atoms. The molecule has 0 saturated carbocycles. The van der Waals surface area contributed by atoms with Crippen molar-refractivity contribution in [2.45, 2.75) is 6.92 Å². The molecule has 106 valence electrons. The zero-order valence-corrected chi connectivity index (χ0v) is 11.9. The minimum absolute atomic E-state index is 0.210. The molecular weight excluding hydrogens is 264 g/mol. The number of nitrogens with zero attached hydrogens (tertiary/aromatic N) is 2. The van der Waals surface area contributed by atoms with E-state index in [0.717, 1.165) is 22.3 Å². The van der Waals surface area contributed by atoms with Crippen LogP contribution in [-0.4, -0.2) is 21.2 Å². The molecule has 0 radical (unpaired) electrons. The Kier molecular flexibility index (Phi) is 3.31. The minimum atomic E-state index is -0.210. The van der Waals surface area contributed by atoms with Crippen molar-refractivity contribution in [1.29, 1.82) is 0 Å². The van der Waals surface area contributed by atoms with Crippen LogP contribution in [0.1, 0.15) is 23.0 Å². The highest BCUT2D eigenvalue weighted by molar-refractivity contribution is 6.07. The smallest absolute Gasteiger partial charge is 0.273 e. The van der Waals surface area contributed by atoms with Crippen LogP contribution in [-0.2, 0) is 7.05 Å². The molecule has 0 unspecified atom stereocenters. The van der Waals surface area contributed by atoms with Gasteiger partial charge >= 0.3 is 0 Å². The number of amides is 1. The average Bonchev–Trinajstić information content (AvgIpc) is 3.13. The van der Waals surface area contributed by atoms with Gasteiger partial charge in [0, 0.05) is 30.3 Å². The van der Waals surface area contributed by atoms with Crippen LogP contribution < -0.4 is 5.43 Å². The van der Waals surface area contributed by atoms with E-state index in [0.29, 0.717) is 5.56 Å². The van der Waals surface area contributed by atoms with Crippen molar-refractivity contribution in [2.24, 2.45) is 12.1 Å².